The molecule has 0 aliphatic heterocycles. The number of nitrogen functional groups attached to an aromatic ring is 1. The van der Waals surface area contributed by atoms with Crippen molar-refractivity contribution in [2.75, 3.05) is 10.5 Å². The van der Waals surface area contributed by atoms with Crippen molar-refractivity contribution < 1.29 is 8.42 Å². The molecule has 0 aliphatic rings. The standard InChI is InChI=1S/C11H13ClN4O2S/c1-7-5-8(3-4-10(7)13)15-19(17,18)11-9(12)6-14-16(11)2/h3-6,15H,13H2,1-2H3. The molecule has 3 N–H and O–H groups in total. The fourth-order valence-corrected chi connectivity index (χ4v) is 3.35. The molecule has 0 bridgehead atoms. The van der Waals surface area contributed by atoms with E-state index in [4.69, 9.17) is 17.3 Å². The van der Waals surface area contributed by atoms with Crippen molar-refractivity contribution in [2.45, 2.75) is 11.9 Å². The van der Waals surface area contributed by atoms with Gasteiger partial charge in [-0.3, -0.25) is 9.40 Å². The highest BCUT2D eigenvalue weighted by atomic mass is 35.5. The Morgan fingerprint density at radius 2 is 2.11 bits per heavy atom. The average molecular weight is 301 g/mol. The molecule has 2 rings (SSSR count). The second kappa shape index (κ2) is 4.75. The Kier molecular flexibility index (Phi) is 3.42. The number of aromatic nitrogens is 2. The minimum Gasteiger partial charge on any atom is -0.399 e. The number of nitrogens with zero attached hydrogens (tertiary/aromatic N) is 2. The zero-order valence-electron chi connectivity index (χ0n) is 10.4. The van der Waals surface area contributed by atoms with E-state index in [9.17, 15) is 8.42 Å². The van der Waals surface area contributed by atoms with Gasteiger partial charge in [0, 0.05) is 18.4 Å². The lowest BCUT2D eigenvalue weighted by Crippen LogP contribution is -2.17. The van der Waals surface area contributed by atoms with Crippen molar-refractivity contribution in [3.63, 3.8) is 0 Å². The largest absolute Gasteiger partial charge is 0.399 e. The Bertz CT molecular complexity index is 705. The molecule has 6 nitrogen and oxygen atoms in total. The van der Waals surface area contributed by atoms with Crippen LogP contribution >= 0.6 is 11.6 Å². The molecule has 0 aliphatic carbocycles. The second-order valence-corrected chi connectivity index (χ2v) is 6.10. The summed E-state index contributed by atoms with van der Waals surface area (Å²) >= 11 is 5.83. The molecule has 1 aromatic heterocycles. The molecule has 102 valence electrons. The van der Waals surface area contributed by atoms with E-state index in [-0.39, 0.29) is 10.0 Å². The van der Waals surface area contributed by atoms with Crippen LogP contribution in [0.25, 0.3) is 0 Å². The van der Waals surface area contributed by atoms with Crippen LogP contribution in [0.15, 0.2) is 29.4 Å². The van der Waals surface area contributed by atoms with Crippen LogP contribution < -0.4 is 10.5 Å². The summed E-state index contributed by atoms with van der Waals surface area (Å²) in [6.07, 6.45) is 1.28. The molecule has 0 saturated carbocycles. The van der Waals surface area contributed by atoms with Gasteiger partial charge in [0.1, 0.15) is 0 Å². The Morgan fingerprint density at radius 1 is 1.42 bits per heavy atom. The van der Waals surface area contributed by atoms with Crippen LogP contribution in [0.2, 0.25) is 5.02 Å². The number of hydrogen-bond donors (Lipinski definition) is 2. The highest BCUT2D eigenvalue weighted by Gasteiger charge is 2.22. The SMILES string of the molecule is Cc1cc(NS(=O)(=O)c2c(Cl)cnn2C)ccc1N. The second-order valence-electron chi connectivity index (χ2n) is 4.10. The van der Waals surface area contributed by atoms with Crippen molar-refractivity contribution in [3.05, 3.63) is 35.0 Å². The number of benzene rings is 1. The first-order valence-corrected chi connectivity index (χ1v) is 7.24. The van der Waals surface area contributed by atoms with E-state index in [1.807, 2.05) is 0 Å². The number of aryl methyl sites for hydroxylation is 2. The van der Waals surface area contributed by atoms with Gasteiger partial charge in [0.2, 0.25) is 0 Å². The van der Waals surface area contributed by atoms with Gasteiger partial charge in [-0.15, -0.1) is 0 Å². The van der Waals surface area contributed by atoms with E-state index in [0.29, 0.717) is 11.4 Å². The molecule has 0 saturated heterocycles. The molecule has 19 heavy (non-hydrogen) atoms. The zero-order valence-corrected chi connectivity index (χ0v) is 12.0. The van der Waals surface area contributed by atoms with Gasteiger partial charge in [-0.25, -0.2) is 0 Å². The number of sulfonamides is 1. The maximum atomic E-state index is 12.2. The Hall–Kier alpha value is -1.73. The number of anilines is 2. The summed E-state index contributed by atoms with van der Waals surface area (Å²) in [7, 11) is -2.27. The minimum absolute atomic E-state index is 0.0715. The Labute approximate surface area is 116 Å². The number of nitrogens with two attached hydrogens (primary N) is 1. The molecule has 1 aromatic carbocycles. The summed E-state index contributed by atoms with van der Waals surface area (Å²) in [6, 6.07) is 4.87. The number of nitrogens with one attached hydrogen (secondary N) is 1. The monoisotopic (exact) mass is 300 g/mol. The van der Waals surface area contributed by atoms with Gasteiger partial charge in [-0.1, -0.05) is 11.6 Å². The maximum Gasteiger partial charge on any atom is 0.280 e. The molecular formula is C11H13ClN4O2S. The first-order chi connectivity index (χ1) is 8.81. The van der Waals surface area contributed by atoms with E-state index in [1.54, 1.807) is 25.1 Å². The van der Waals surface area contributed by atoms with E-state index >= 15 is 0 Å². The smallest absolute Gasteiger partial charge is 0.280 e. The lowest BCUT2D eigenvalue weighted by atomic mass is 10.2. The molecule has 0 spiro atoms. The van der Waals surface area contributed by atoms with E-state index in [2.05, 4.69) is 9.82 Å². The first-order valence-electron chi connectivity index (χ1n) is 5.37. The summed E-state index contributed by atoms with van der Waals surface area (Å²) < 4.78 is 28.1. The topological polar surface area (TPSA) is 90.0 Å². The summed E-state index contributed by atoms with van der Waals surface area (Å²) in [5, 5.41) is 3.79. The molecule has 2 aromatic rings. The lowest BCUT2D eigenvalue weighted by molar-refractivity contribution is 0.582. The van der Waals surface area contributed by atoms with Gasteiger partial charge in [0.25, 0.3) is 10.0 Å². The Balaban J connectivity index is 2.39. The summed E-state index contributed by atoms with van der Waals surface area (Å²) in [5.74, 6) is 0. The van der Waals surface area contributed by atoms with E-state index in [1.165, 1.54) is 17.9 Å². The number of hydrogen-bond acceptors (Lipinski definition) is 4. The molecule has 8 heteroatoms. The molecule has 0 unspecified atom stereocenters. The number of rotatable bonds is 3. The van der Waals surface area contributed by atoms with Crippen LogP contribution in [0.1, 0.15) is 5.56 Å². The van der Waals surface area contributed by atoms with Gasteiger partial charge in [0.15, 0.2) is 5.03 Å². The molecule has 1 heterocycles. The van der Waals surface area contributed by atoms with Crippen molar-refractivity contribution >= 4 is 33.0 Å². The van der Waals surface area contributed by atoms with Crippen LogP contribution in [0.5, 0.6) is 0 Å². The van der Waals surface area contributed by atoms with Crippen molar-refractivity contribution in [1.29, 1.82) is 0 Å². The quantitative estimate of drug-likeness (QED) is 0.845. The normalized spacial score (nSPS) is 11.5. The fraction of sp³-hybridized carbons (Fsp3) is 0.182. The van der Waals surface area contributed by atoms with Crippen LogP contribution in [0, 0.1) is 6.92 Å². The average Bonchev–Trinajstić information content (AvgIpc) is 2.64. The van der Waals surface area contributed by atoms with Crippen LogP contribution in [0.3, 0.4) is 0 Å². The maximum absolute atomic E-state index is 12.2. The van der Waals surface area contributed by atoms with Crippen LogP contribution in [-0.2, 0) is 17.1 Å². The lowest BCUT2D eigenvalue weighted by Gasteiger charge is -2.10. The predicted octanol–water partition coefficient (Wildman–Crippen LogP) is 1.76. The van der Waals surface area contributed by atoms with Gasteiger partial charge in [0.05, 0.1) is 11.2 Å². The third-order valence-corrected chi connectivity index (χ3v) is 4.51. The minimum atomic E-state index is -3.78. The summed E-state index contributed by atoms with van der Waals surface area (Å²) in [5.41, 5.74) is 7.49. The summed E-state index contributed by atoms with van der Waals surface area (Å²) in [6.45, 7) is 1.80. The van der Waals surface area contributed by atoms with Crippen LogP contribution in [-0.4, -0.2) is 18.2 Å². The zero-order chi connectivity index (χ0) is 14.2. The van der Waals surface area contributed by atoms with Crippen molar-refractivity contribution in [2.24, 2.45) is 7.05 Å². The molecule has 0 amide bonds. The first kappa shape index (κ1) is 13.7. The summed E-state index contributed by atoms with van der Waals surface area (Å²) in [4.78, 5) is 0. The van der Waals surface area contributed by atoms with E-state index in [0.717, 1.165) is 5.56 Å². The molecule has 0 fully saturated rings. The molecule has 0 atom stereocenters. The highest BCUT2D eigenvalue weighted by molar-refractivity contribution is 7.92. The number of halogens is 1. The van der Waals surface area contributed by atoms with Crippen molar-refractivity contribution in [1.82, 2.24) is 9.78 Å². The van der Waals surface area contributed by atoms with Gasteiger partial charge in [-0.05, 0) is 30.7 Å². The third kappa shape index (κ3) is 2.66. The highest BCUT2D eigenvalue weighted by Crippen LogP contribution is 2.24. The van der Waals surface area contributed by atoms with Crippen LogP contribution in [0.4, 0.5) is 11.4 Å². The predicted molar refractivity (Wildman–Crippen MR) is 74.6 cm³/mol. The van der Waals surface area contributed by atoms with Gasteiger partial charge in [-0.2, -0.15) is 13.5 Å². The fourth-order valence-electron chi connectivity index (χ4n) is 1.64. The van der Waals surface area contributed by atoms with E-state index < -0.39 is 10.0 Å². The Morgan fingerprint density at radius 3 is 2.63 bits per heavy atom. The third-order valence-electron chi connectivity index (χ3n) is 2.62. The van der Waals surface area contributed by atoms with Crippen molar-refractivity contribution in [3.8, 4) is 0 Å². The molecular weight excluding hydrogens is 288 g/mol. The van der Waals surface area contributed by atoms with Gasteiger partial charge < -0.3 is 5.73 Å². The van der Waals surface area contributed by atoms with Gasteiger partial charge >= 0.3 is 0 Å². The molecule has 0 radical (unpaired) electrons.